The average molecular weight is 602 g/mol. The number of hydrogen-bond acceptors (Lipinski definition) is 6. The number of methoxy groups -OCH3 is 1. The summed E-state index contributed by atoms with van der Waals surface area (Å²) in [5.41, 5.74) is -4.60. The summed E-state index contributed by atoms with van der Waals surface area (Å²) < 4.78 is 86.1. The first-order chi connectivity index (χ1) is 20.1. The van der Waals surface area contributed by atoms with Crippen LogP contribution in [0.1, 0.15) is 47.4 Å². The monoisotopic (exact) mass is 601 g/mol. The summed E-state index contributed by atoms with van der Waals surface area (Å²) >= 11 is 0. The molecule has 1 saturated heterocycles. The van der Waals surface area contributed by atoms with Gasteiger partial charge < -0.3 is 19.9 Å². The molecule has 2 N–H and O–H groups in total. The van der Waals surface area contributed by atoms with Gasteiger partial charge in [-0.05, 0) is 62.7 Å². The molecule has 12 heteroatoms. The molecule has 1 aliphatic heterocycles. The second kappa shape index (κ2) is 10.8. The maximum absolute atomic E-state index is 16.3. The van der Waals surface area contributed by atoms with Gasteiger partial charge in [0.15, 0.2) is 0 Å². The predicted molar refractivity (Wildman–Crippen MR) is 147 cm³/mol. The number of alkyl halides is 2. The fourth-order valence-electron chi connectivity index (χ4n) is 5.27. The third-order valence-electron chi connectivity index (χ3n) is 7.38. The minimum Gasteiger partial charge on any atom is -0.494 e. The summed E-state index contributed by atoms with van der Waals surface area (Å²) in [5, 5.41) is 21.9. The summed E-state index contributed by atoms with van der Waals surface area (Å²) in [7, 11) is 1.39. The van der Waals surface area contributed by atoms with Crippen molar-refractivity contribution < 1.29 is 41.3 Å². The predicted octanol–water partition coefficient (Wildman–Crippen LogP) is 5.94. The molecule has 0 spiro atoms. The highest BCUT2D eigenvalue weighted by molar-refractivity contribution is 5.99. The zero-order valence-corrected chi connectivity index (χ0v) is 23.7. The lowest BCUT2D eigenvalue weighted by Gasteiger charge is -2.32. The maximum Gasteiger partial charge on any atom is 0.274 e. The van der Waals surface area contributed by atoms with Crippen molar-refractivity contribution in [2.24, 2.45) is 0 Å². The van der Waals surface area contributed by atoms with Crippen LogP contribution in [-0.4, -0.2) is 47.4 Å². The van der Waals surface area contributed by atoms with Crippen LogP contribution < -0.4 is 10.1 Å². The Bertz CT molecular complexity index is 1720. The first-order valence-electron chi connectivity index (χ1n) is 13.3. The van der Waals surface area contributed by atoms with Crippen LogP contribution >= 0.6 is 0 Å². The van der Waals surface area contributed by atoms with Gasteiger partial charge in [-0.1, -0.05) is 12.1 Å². The van der Waals surface area contributed by atoms with Crippen LogP contribution in [0.4, 0.5) is 22.0 Å². The number of fused-ring (bicyclic) bond motifs is 1. The standard InChI is InChI=1S/C31H28F5N3O4/c1-16-9-18-10-19(11-23(42-4)27(18)39-38-16)28(40)37-14-30(13-31(35,36)15-43-30)22-12-21(29(2,3)41)25(33)24(26(22)34)17-5-7-20(32)8-6-17/h5-12,41H,13-15H2,1-4H3,(H,37,40)/t30-/m0/s1. The molecule has 0 radical (unpaired) electrons. The minimum absolute atomic E-state index is 0.0886. The van der Waals surface area contributed by atoms with E-state index < -0.39 is 76.7 Å². The van der Waals surface area contributed by atoms with Crippen molar-refractivity contribution in [2.45, 2.75) is 44.3 Å². The number of aryl methyl sites for hydroxylation is 1. The van der Waals surface area contributed by atoms with E-state index in [4.69, 9.17) is 9.47 Å². The number of benzene rings is 3. The number of hydrogen-bond donors (Lipinski definition) is 2. The van der Waals surface area contributed by atoms with E-state index in [-0.39, 0.29) is 16.9 Å². The second-order valence-corrected chi connectivity index (χ2v) is 11.1. The molecule has 0 saturated carbocycles. The molecule has 7 nitrogen and oxygen atoms in total. The first-order valence-corrected chi connectivity index (χ1v) is 13.3. The van der Waals surface area contributed by atoms with Gasteiger partial charge >= 0.3 is 0 Å². The SMILES string of the molecule is COc1cc(C(=O)NC[C@]2(c3cc(C(C)(C)O)c(F)c(-c4ccc(F)cc4)c3F)CC(F)(F)CO2)cc2cc(C)nnc12. The summed E-state index contributed by atoms with van der Waals surface area (Å²) in [6, 6.07) is 9.79. The molecule has 226 valence electrons. The Balaban J connectivity index is 1.61. The van der Waals surface area contributed by atoms with Gasteiger partial charge in [0, 0.05) is 28.5 Å². The van der Waals surface area contributed by atoms with Crippen LogP contribution in [0.25, 0.3) is 22.0 Å². The third kappa shape index (κ3) is 5.76. The van der Waals surface area contributed by atoms with Crippen LogP contribution in [0.3, 0.4) is 0 Å². The molecular formula is C31H28F5N3O4. The highest BCUT2D eigenvalue weighted by atomic mass is 19.3. The number of nitrogens with one attached hydrogen (secondary N) is 1. The van der Waals surface area contributed by atoms with Crippen molar-refractivity contribution in [2.75, 3.05) is 20.3 Å². The van der Waals surface area contributed by atoms with Gasteiger partial charge in [-0.15, -0.1) is 5.10 Å². The number of rotatable bonds is 7. The number of amides is 1. The van der Waals surface area contributed by atoms with Crippen molar-refractivity contribution in [3.63, 3.8) is 0 Å². The summed E-state index contributed by atoms with van der Waals surface area (Å²) in [4.78, 5) is 13.3. The number of aliphatic hydroxyl groups is 1. The Morgan fingerprint density at radius 1 is 1.07 bits per heavy atom. The molecule has 43 heavy (non-hydrogen) atoms. The average Bonchev–Trinajstić information content (AvgIpc) is 3.26. The van der Waals surface area contributed by atoms with Gasteiger partial charge in [-0.3, -0.25) is 4.79 Å². The van der Waals surface area contributed by atoms with Gasteiger partial charge in [-0.25, -0.2) is 22.0 Å². The Labute approximate surface area is 243 Å². The molecule has 1 aromatic heterocycles. The van der Waals surface area contributed by atoms with Gasteiger partial charge in [0.25, 0.3) is 11.8 Å². The van der Waals surface area contributed by atoms with Crippen molar-refractivity contribution >= 4 is 16.8 Å². The molecule has 3 aromatic carbocycles. The van der Waals surface area contributed by atoms with E-state index in [9.17, 15) is 23.1 Å². The molecule has 1 amide bonds. The van der Waals surface area contributed by atoms with E-state index in [0.717, 1.165) is 30.3 Å². The van der Waals surface area contributed by atoms with Crippen molar-refractivity contribution in [3.05, 3.63) is 88.4 Å². The Morgan fingerprint density at radius 2 is 1.77 bits per heavy atom. The number of halogens is 5. The first kappa shape index (κ1) is 30.3. The number of ether oxygens (including phenoxy) is 2. The lowest BCUT2D eigenvalue weighted by Crippen LogP contribution is -2.42. The quantitative estimate of drug-likeness (QED) is 0.255. The van der Waals surface area contributed by atoms with Gasteiger partial charge in [-0.2, -0.15) is 5.10 Å². The number of carbonyl (C=O) groups excluding carboxylic acids is 1. The fraction of sp³-hybridized carbons (Fsp3) is 0.323. The molecule has 5 rings (SSSR count). The van der Waals surface area contributed by atoms with E-state index >= 15 is 8.78 Å². The Hall–Kier alpha value is -4.16. The Morgan fingerprint density at radius 3 is 2.37 bits per heavy atom. The van der Waals surface area contributed by atoms with E-state index in [2.05, 4.69) is 15.5 Å². The van der Waals surface area contributed by atoms with Crippen molar-refractivity contribution in [3.8, 4) is 16.9 Å². The van der Waals surface area contributed by atoms with Crippen LogP contribution in [0.5, 0.6) is 5.75 Å². The molecular weight excluding hydrogens is 573 g/mol. The number of carbonyl (C=O) groups is 1. The maximum atomic E-state index is 16.3. The van der Waals surface area contributed by atoms with E-state index in [1.165, 1.54) is 33.1 Å². The molecule has 4 aromatic rings. The molecule has 1 aliphatic rings. The van der Waals surface area contributed by atoms with Crippen LogP contribution in [0.2, 0.25) is 0 Å². The molecule has 0 bridgehead atoms. The van der Waals surface area contributed by atoms with E-state index in [1.807, 2.05) is 0 Å². The normalized spacial score (nSPS) is 18.2. The summed E-state index contributed by atoms with van der Waals surface area (Å²) in [5.74, 6) is -6.93. The summed E-state index contributed by atoms with van der Waals surface area (Å²) in [6.07, 6.45) is -1.05. The highest BCUT2D eigenvalue weighted by Crippen LogP contribution is 2.47. The number of nitrogens with zero attached hydrogens (tertiary/aromatic N) is 2. The minimum atomic E-state index is -3.42. The van der Waals surface area contributed by atoms with Crippen molar-refractivity contribution in [1.82, 2.24) is 15.5 Å². The molecule has 0 unspecified atom stereocenters. The molecule has 2 heterocycles. The smallest absolute Gasteiger partial charge is 0.274 e. The lowest BCUT2D eigenvalue weighted by atomic mass is 9.82. The Kier molecular flexibility index (Phi) is 7.64. The highest BCUT2D eigenvalue weighted by Gasteiger charge is 2.54. The lowest BCUT2D eigenvalue weighted by molar-refractivity contribution is -0.0264. The van der Waals surface area contributed by atoms with Gasteiger partial charge in [0.05, 0.1) is 30.5 Å². The van der Waals surface area contributed by atoms with Crippen LogP contribution in [-0.2, 0) is 15.9 Å². The topological polar surface area (TPSA) is 93.6 Å². The molecule has 1 atom stereocenters. The van der Waals surface area contributed by atoms with E-state index in [1.54, 1.807) is 13.0 Å². The van der Waals surface area contributed by atoms with Crippen LogP contribution in [0, 0.1) is 24.4 Å². The zero-order chi connectivity index (χ0) is 31.3. The third-order valence-corrected chi connectivity index (χ3v) is 7.38. The molecule has 1 fully saturated rings. The summed E-state index contributed by atoms with van der Waals surface area (Å²) in [6.45, 7) is 2.49. The van der Waals surface area contributed by atoms with Crippen molar-refractivity contribution in [1.29, 1.82) is 0 Å². The van der Waals surface area contributed by atoms with Gasteiger partial charge in [0.2, 0.25) is 0 Å². The second-order valence-electron chi connectivity index (χ2n) is 11.1. The fourth-order valence-corrected chi connectivity index (χ4v) is 5.27. The largest absolute Gasteiger partial charge is 0.494 e. The van der Waals surface area contributed by atoms with Gasteiger partial charge in [0.1, 0.15) is 40.9 Å². The number of aromatic nitrogens is 2. The zero-order valence-electron chi connectivity index (χ0n) is 23.7. The van der Waals surface area contributed by atoms with Crippen LogP contribution in [0.15, 0.2) is 48.5 Å². The van der Waals surface area contributed by atoms with E-state index in [0.29, 0.717) is 16.6 Å². The molecule has 0 aliphatic carbocycles.